The van der Waals surface area contributed by atoms with Crippen LogP contribution in [0, 0.1) is 5.92 Å². The summed E-state index contributed by atoms with van der Waals surface area (Å²) in [6.45, 7) is 0. The lowest BCUT2D eigenvalue weighted by Crippen LogP contribution is -2.07. The lowest BCUT2D eigenvalue weighted by Gasteiger charge is -2.24. The largest absolute Gasteiger partial charge is 0.143 e. The molecule has 0 bridgehead atoms. The SMILES string of the molecule is SC1=C([C@H]2C=CC=CC2)CCC=C1c1ccccc1. The first-order chi connectivity index (χ1) is 9.36. The number of benzene rings is 1. The Kier molecular flexibility index (Phi) is 3.74. The van der Waals surface area contributed by atoms with E-state index in [2.05, 4.69) is 60.7 Å². The number of allylic oxidation sites excluding steroid dienone is 7. The molecule has 2 aliphatic carbocycles. The highest BCUT2D eigenvalue weighted by Crippen LogP contribution is 2.39. The number of hydrogen-bond donors (Lipinski definition) is 1. The summed E-state index contributed by atoms with van der Waals surface area (Å²) in [5, 5.41) is 0. The molecule has 2 aliphatic rings. The average Bonchev–Trinajstić information content (AvgIpc) is 2.49. The minimum absolute atomic E-state index is 0.532. The van der Waals surface area contributed by atoms with Gasteiger partial charge >= 0.3 is 0 Å². The molecular formula is C18H18S. The lowest BCUT2D eigenvalue weighted by molar-refractivity contribution is 0.711. The van der Waals surface area contributed by atoms with Crippen LogP contribution in [-0.4, -0.2) is 0 Å². The Morgan fingerprint density at radius 2 is 1.89 bits per heavy atom. The summed E-state index contributed by atoms with van der Waals surface area (Å²) < 4.78 is 0. The molecule has 0 unspecified atom stereocenters. The third-order valence-corrected chi connectivity index (χ3v) is 4.36. The summed E-state index contributed by atoms with van der Waals surface area (Å²) >= 11 is 4.83. The predicted molar refractivity (Wildman–Crippen MR) is 86.1 cm³/mol. The Morgan fingerprint density at radius 3 is 2.63 bits per heavy atom. The molecule has 1 aromatic rings. The van der Waals surface area contributed by atoms with E-state index in [1.54, 1.807) is 0 Å². The van der Waals surface area contributed by atoms with Crippen molar-refractivity contribution in [3.63, 3.8) is 0 Å². The van der Waals surface area contributed by atoms with Crippen molar-refractivity contribution in [2.24, 2.45) is 5.92 Å². The van der Waals surface area contributed by atoms with Gasteiger partial charge in [-0.15, -0.1) is 12.6 Å². The van der Waals surface area contributed by atoms with Crippen LogP contribution in [-0.2, 0) is 0 Å². The molecule has 19 heavy (non-hydrogen) atoms. The van der Waals surface area contributed by atoms with Crippen molar-refractivity contribution in [3.05, 3.63) is 76.8 Å². The van der Waals surface area contributed by atoms with Gasteiger partial charge in [0, 0.05) is 10.8 Å². The molecule has 0 N–H and O–H groups in total. The van der Waals surface area contributed by atoms with E-state index in [9.17, 15) is 0 Å². The van der Waals surface area contributed by atoms with Crippen LogP contribution in [0.2, 0.25) is 0 Å². The van der Waals surface area contributed by atoms with Gasteiger partial charge in [0.2, 0.25) is 0 Å². The molecule has 0 saturated carbocycles. The number of thiol groups is 1. The van der Waals surface area contributed by atoms with E-state index in [0.29, 0.717) is 5.92 Å². The Balaban J connectivity index is 1.95. The highest BCUT2D eigenvalue weighted by molar-refractivity contribution is 7.85. The zero-order valence-electron chi connectivity index (χ0n) is 10.9. The van der Waals surface area contributed by atoms with E-state index < -0.39 is 0 Å². The number of hydrogen-bond acceptors (Lipinski definition) is 1. The second kappa shape index (κ2) is 5.66. The van der Waals surface area contributed by atoms with Crippen LogP contribution in [0.25, 0.3) is 5.57 Å². The second-order valence-electron chi connectivity index (χ2n) is 5.05. The van der Waals surface area contributed by atoms with E-state index in [4.69, 9.17) is 12.6 Å². The predicted octanol–water partition coefficient (Wildman–Crippen LogP) is 5.18. The minimum atomic E-state index is 0.532. The van der Waals surface area contributed by atoms with Crippen LogP contribution < -0.4 is 0 Å². The molecule has 1 heteroatoms. The highest BCUT2D eigenvalue weighted by Gasteiger charge is 2.20. The van der Waals surface area contributed by atoms with Crippen molar-refractivity contribution >= 4 is 18.2 Å². The molecule has 1 atom stereocenters. The van der Waals surface area contributed by atoms with Gasteiger partial charge in [0.15, 0.2) is 0 Å². The molecule has 0 spiro atoms. The Labute approximate surface area is 120 Å². The fourth-order valence-corrected chi connectivity index (χ4v) is 3.33. The van der Waals surface area contributed by atoms with Crippen molar-refractivity contribution in [3.8, 4) is 0 Å². The molecule has 0 aliphatic heterocycles. The summed E-state index contributed by atoms with van der Waals surface area (Å²) in [6.07, 6.45) is 14.5. The summed E-state index contributed by atoms with van der Waals surface area (Å²) in [5.41, 5.74) is 4.07. The first-order valence-electron chi connectivity index (χ1n) is 6.87. The Hall–Kier alpha value is -1.47. The molecule has 0 fully saturated rings. The zero-order chi connectivity index (χ0) is 13.1. The molecule has 0 amide bonds. The molecule has 1 aromatic carbocycles. The summed E-state index contributed by atoms with van der Waals surface area (Å²) in [4.78, 5) is 1.18. The van der Waals surface area contributed by atoms with Crippen LogP contribution in [0.4, 0.5) is 0 Å². The van der Waals surface area contributed by atoms with Gasteiger partial charge in [-0.1, -0.05) is 60.7 Å². The van der Waals surface area contributed by atoms with Crippen molar-refractivity contribution in [2.45, 2.75) is 19.3 Å². The Bertz CT molecular complexity index is 573. The van der Waals surface area contributed by atoms with E-state index in [-0.39, 0.29) is 0 Å². The van der Waals surface area contributed by atoms with E-state index in [1.807, 2.05) is 0 Å². The van der Waals surface area contributed by atoms with E-state index in [0.717, 1.165) is 19.3 Å². The first-order valence-corrected chi connectivity index (χ1v) is 7.32. The van der Waals surface area contributed by atoms with Gasteiger partial charge < -0.3 is 0 Å². The first kappa shape index (κ1) is 12.6. The van der Waals surface area contributed by atoms with Gasteiger partial charge in [-0.3, -0.25) is 0 Å². The van der Waals surface area contributed by atoms with Crippen LogP contribution >= 0.6 is 12.6 Å². The van der Waals surface area contributed by atoms with Crippen LogP contribution in [0.3, 0.4) is 0 Å². The maximum Gasteiger partial charge on any atom is 0.0114 e. The molecule has 3 rings (SSSR count). The van der Waals surface area contributed by atoms with Crippen molar-refractivity contribution in [1.82, 2.24) is 0 Å². The molecule has 0 saturated heterocycles. The van der Waals surface area contributed by atoms with Crippen LogP contribution in [0.15, 0.2) is 71.2 Å². The molecule has 0 heterocycles. The van der Waals surface area contributed by atoms with E-state index in [1.165, 1.54) is 21.6 Å². The quantitative estimate of drug-likeness (QED) is 0.701. The maximum absolute atomic E-state index is 4.83. The molecule has 0 aromatic heterocycles. The van der Waals surface area contributed by atoms with Crippen molar-refractivity contribution in [2.75, 3.05) is 0 Å². The topological polar surface area (TPSA) is 0 Å². The van der Waals surface area contributed by atoms with Crippen molar-refractivity contribution in [1.29, 1.82) is 0 Å². The van der Waals surface area contributed by atoms with Gasteiger partial charge in [-0.05, 0) is 36.0 Å². The smallest absolute Gasteiger partial charge is 0.0114 e. The second-order valence-corrected chi connectivity index (χ2v) is 5.50. The average molecular weight is 266 g/mol. The molecular weight excluding hydrogens is 248 g/mol. The third-order valence-electron chi connectivity index (χ3n) is 3.83. The summed E-state index contributed by atoms with van der Waals surface area (Å²) in [6, 6.07) is 10.6. The fraction of sp³-hybridized carbons (Fsp3) is 0.222. The van der Waals surface area contributed by atoms with Crippen molar-refractivity contribution < 1.29 is 0 Å². The van der Waals surface area contributed by atoms with Gasteiger partial charge in [0.25, 0.3) is 0 Å². The van der Waals surface area contributed by atoms with Gasteiger partial charge in [0.05, 0.1) is 0 Å². The van der Waals surface area contributed by atoms with Crippen LogP contribution in [0.1, 0.15) is 24.8 Å². The molecule has 96 valence electrons. The minimum Gasteiger partial charge on any atom is -0.143 e. The van der Waals surface area contributed by atoms with Gasteiger partial charge in [-0.25, -0.2) is 0 Å². The zero-order valence-corrected chi connectivity index (χ0v) is 11.8. The fourth-order valence-electron chi connectivity index (χ4n) is 2.83. The third kappa shape index (κ3) is 2.62. The maximum atomic E-state index is 4.83. The molecule has 0 radical (unpaired) electrons. The van der Waals surface area contributed by atoms with E-state index >= 15 is 0 Å². The van der Waals surface area contributed by atoms with Gasteiger partial charge in [-0.2, -0.15) is 0 Å². The van der Waals surface area contributed by atoms with Gasteiger partial charge in [0.1, 0.15) is 0 Å². The lowest BCUT2D eigenvalue weighted by atomic mass is 9.84. The Morgan fingerprint density at radius 1 is 1.05 bits per heavy atom. The highest BCUT2D eigenvalue weighted by atomic mass is 32.1. The summed E-state index contributed by atoms with van der Waals surface area (Å²) in [5.74, 6) is 0.532. The van der Waals surface area contributed by atoms with Crippen LogP contribution in [0.5, 0.6) is 0 Å². The summed E-state index contributed by atoms with van der Waals surface area (Å²) in [7, 11) is 0. The monoisotopic (exact) mass is 266 g/mol. The number of rotatable bonds is 2. The molecule has 0 nitrogen and oxygen atoms in total. The standard InChI is InChI=1S/C18H18S/c19-18-16(14-8-3-1-4-9-14)12-7-13-17(18)15-10-5-2-6-11-15/h1-6,8-10,12,15,19H,7,11,13H2/t15-/m0/s1. The normalized spacial score (nSPS) is 22.6.